The first kappa shape index (κ1) is 18.3. The molecule has 0 radical (unpaired) electrons. The van der Waals surface area contributed by atoms with Crippen LogP contribution in [0.4, 0.5) is 0 Å². The second kappa shape index (κ2) is 7.18. The van der Waals surface area contributed by atoms with Crippen molar-refractivity contribution in [2.75, 3.05) is 21.2 Å². The maximum atomic E-state index is 12.4. The number of benzene rings is 2. The Morgan fingerprint density at radius 3 is 2.61 bits per heavy atom. The molecule has 1 aliphatic heterocycles. The van der Waals surface area contributed by atoms with E-state index in [9.17, 15) is 4.79 Å². The molecule has 2 heterocycles. The average Bonchev–Trinajstić information content (AvgIpc) is 3.09. The lowest BCUT2D eigenvalue weighted by molar-refractivity contribution is 0.0814. The number of fused-ring (bicyclic) bond motifs is 3. The lowest BCUT2D eigenvalue weighted by Gasteiger charge is -2.11. The zero-order chi connectivity index (χ0) is 19.8. The highest BCUT2D eigenvalue weighted by Gasteiger charge is 2.30. The van der Waals surface area contributed by atoms with Crippen LogP contribution >= 0.6 is 11.6 Å². The number of aliphatic imine (C=N–C) groups is 1. The van der Waals surface area contributed by atoms with E-state index < -0.39 is 6.23 Å². The van der Waals surface area contributed by atoms with Crippen LogP contribution < -0.4 is 0 Å². The fourth-order valence-electron chi connectivity index (χ4n) is 3.06. The molecule has 1 atom stereocenters. The van der Waals surface area contributed by atoms with Crippen LogP contribution in [0.3, 0.4) is 0 Å². The third-order valence-electron chi connectivity index (χ3n) is 4.41. The molecule has 8 heteroatoms. The summed E-state index contributed by atoms with van der Waals surface area (Å²) >= 11 is 6.28. The van der Waals surface area contributed by atoms with Crippen molar-refractivity contribution in [3.63, 3.8) is 0 Å². The Hall–Kier alpha value is -3.03. The van der Waals surface area contributed by atoms with Gasteiger partial charge in [-0.15, -0.1) is 5.10 Å². The van der Waals surface area contributed by atoms with E-state index in [2.05, 4.69) is 10.1 Å². The summed E-state index contributed by atoms with van der Waals surface area (Å²) in [6.45, 7) is 0. The Morgan fingerprint density at radius 1 is 1.18 bits per heavy atom. The van der Waals surface area contributed by atoms with Gasteiger partial charge in [-0.3, -0.25) is 4.79 Å². The molecule has 0 bridgehead atoms. The standard InChI is InChI=1S/C20H18ClN5O2/c1-25(2)20(27)17-23-18-19(28-3)22-16(12-7-5-4-6-8-12)14-11-13(21)9-10-15(14)26(18)24-17/h4-11,19H,1-3H3. The van der Waals surface area contributed by atoms with Gasteiger partial charge in [0.1, 0.15) is 0 Å². The zero-order valence-electron chi connectivity index (χ0n) is 15.6. The molecule has 1 unspecified atom stereocenters. The van der Waals surface area contributed by atoms with Crippen LogP contribution in [0.15, 0.2) is 53.5 Å². The maximum absolute atomic E-state index is 12.4. The van der Waals surface area contributed by atoms with E-state index in [1.165, 1.54) is 4.90 Å². The van der Waals surface area contributed by atoms with Gasteiger partial charge in [0.2, 0.25) is 12.1 Å². The monoisotopic (exact) mass is 395 g/mol. The highest BCUT2D eigenvalue weighted by molar-refractivity contribution is 6.31. The van der Waals surface area contributed by atoms with E-state index in [-0.39, 0.29) is 11.7 Å². The van der Waals surface area contributed by atoms with Crippen molar-refractivity contribution in [2.45, 2.75) is 6.23 Å². The van der Waals surface area contributed by atoms with Gasteiger partial charge in [0.25, 0.3) is 5.91 Å². The quantitative estimate of drug-likeness (QED) is 0.683. The molecule has 0 aliphatic carbocycles. The van der Waals surface area contributed by atoms with E-state index in [1.54, 1.807) is 32.0 Å². The minimum Gasteiger partial charge on any atom is -0.353 e. The predicted molar refractivity (Wildman–Crippen MR) is 106 cm³/mol. The Labute approximate surface area is 167 Å². The topological polar surface area (TPSA) is 72.6 Å². The number of methoxy groups -OCH3 is 1. The van der Waals surface area contributed by atoms with Crippen molar-refractivity contribution in [1.82, 2.24) is 19.7 Å². The van der Waals surface area contributed by atoms with Crippen LogP contribution in [-0.2, 0) is 4.74 Å². The van der Waals surface area contributed by atoms with Crippen molar-refractivity contribution in [2.24, 2.45) is 4.99 Å². The number of ether oxygens (including phenoxy) is 1. The number of aromatic nitrogens is 3. The average molecular weight is 396 g/mol. The smallest absolute Gasteiger partial charge is 0.293 e. The van der Waals surface area contributed by atoms with Gasteiger partial charge in [0.05, 0.1) is 11.4 Å². The highest BCUT2D eigenvalue weighted by atomic mass is 35.5. The van der Waals surface area contributed by atoms with Gasteiger partial charge >= 0.3 is 0 Å². The number of carbonyl (C=O) groups is 1. The number of hydrogen-bond donors (Lipinski definition) is 0. The summed E-state index contributed by atoms with van der Waals surface area (Å²) < 4.78 is 7.20. The van der Waals surface area contributed by atoms with Gasteiger partial charge < -0.3 is 9.64 Å². The second-order valence-corrected chi connectivity index (χ2v) is 6.93. The molecule has 1 aromatic heterocycles. The molecule has 0 saturated carbocycles. The minimum atomic E-state index is -0.724. The molecule has 1 aliphatic rings. The van der Waals surface area contributed by atoms with Crippen molar-refractivity contribution in [3.8, 4) is 5.69 Å². The summed E-state index contributed by atoms with van der Waals surface area (Å²) in [5.74, 6) is 0.224. The van der Waals surface area contributed by atoms with E-state index in [0.29, 0.717) is 10.8 Å². The number of halogens is 1. The molecule has 0 N–H and O–H groups in total. The third kappa shape index (κ3) is 3.08. The van der Waals surface area contributed by atoms with Gasteiger partial charge in [0, 0.05) is 37.4 Å². The maximum Gasteiger partial charge on any atom is 0.293 e. The van der Waals surface area contributed by atoms with Crippen LogP contribution in [0.1, 0.15) is 33.8 Å². The molecule has 28 heavy (non-hydrogen) atoms. The van der Waals surface area contributed by atoms with E-state index in [4.69, 9.17) is 21.3 Å². The van der Waals surface area contributed by atoms with E-state index in [1.807, 2.05) is 42.5 Å². The summed E-state index contributed by atoms with van der Waals surface area (Å²) in [7, 11) is 4.86. The van der Waals surface area contributed by atoms with Gasteiger partial charge in [0.15, 0.2) is 5.82 Å². The lowest BCUT2D eigenvalue weighted by atomic mass is 10.0. The first-order chi connectivity index (χ1) is 13.5. The Morgan fingerprint density at radius 2 is 1.93 bits per heavy atom. The van der Waals surface area contributed by atoms with E-state index in [0.717, 1.165) is 22.5 Å². The second-order valence-electron chi connectivity index (χ2n) is 6.50. The van der Waals surface area contributed by atoms with Crippen LogP contribution in [0.2, 0.25) is 5.02 Å². The zero-order valence-corrected chi connectivity index (χ0v) is 16.4. The SMILES string of the molecule is COC1N=C(c2ccccc2)c2cc(Cl)ccc2-n2nc(C(=O)N(C)C)nc21. The van der Waals surface area contributed by atoms with Gasteiger partial charge in [-0.1, -0.05) is 41.9 Å². The molecule has 1 amide bonds. The third-order valence-corrected chi connectivity index (χ3v) is 4.64. The fraction of sp³-hybridized carbons (Fsp3) is 0.200. The Kier molecular flexibility index (Phi) is 4.70. The fourth-order valence-corrected chi connectivity index (χ4v) is 3.24. The Balaban J connectivity index is 1.98. The molecular weight excluding hydrogens is 378 g/mol. The number of hydrogen-bond acceptors (Lipinski definition) is 5. The molecule has 142 valence electrons. The van der Waals surface area contributed by atoms with Gasteiger partial charge in [-0.05, 0) is 18.2 Å². The molecule has 7 nitrogen and oxygen atoms in total. The summed E-state index contributed by atoms with van der Waals surface area (Å²) in [6.07, 6.45) is -0.724. The first-order valence-electron chi connectivity index (χ1n) is 8.64. The summed E-state index contributed by atoms with van der Waals surface area (Å²) in [4.78, 5) is 23.0. The molecule has 0 saturated heterocycles. The van der Waals surface area contributed by atoms with Crippen LogP contribution in [-0.4, -0.2) is 52.5 Å². The first-order valence-corrected chi connectivity index (χ1v) is 9.02. The van der Waals surface area contributed by atoms with Crippen molar-refractivity contribution in [3.05, 3.63) is 76.3 Å². The number of nitrogens with zero attached hydrogens (tertiary/aromatic N) is 5. The number of amides is 1. The predicted octanol–water partition coefficient (Wildman–Crippen LogP) is 3.12. The van der Waals surface area contributed by atoms with Crippen LogP contribution in [0, 0.1) is 0 Å². The largest absolute Gasteiger partial charge is 0.353 e. The van der Waals surface area contributed by atoms with Crippen LogP contribution in [0.5, 0.6) is 0 Å². The molecular formula is C20H18ClN5O2. The molecule has 0 fully saturated rings. The number of rotatable bonds is 3. The molecule has 4 rings (SSSR count). The van der Waals surface area contributed by atoms with Crippen molar-refractivity contribution >= 4 is 23.2 Å². The van der Waals surface area contributed by atoms with Crippen molar-refractivity contribution in [1.29, 1.82) is 0 Å². The van der Waals surface area contributed by atoms with Crippen LogP contribution in [0.25, 0.3) is 5.69 Å². The van der Waals surface area contributed by atoms with Gasteiger partial charge in [-0.2, -0.15) is 0 Å². The normalized spacial score (nSPS) is 15.3. The summed E-state index contributed by atoms with van der Waals surface area (Å²) in [5.41, 5.74) is 3.15. The minimum absolute atomic E-state index is 0.0845. The lowest BCUT2D eigenvalue weighted by Crippen LogP contribution is -2.23. The molecule has 0 spiro atoms. The molecule has 2 aromatic carbocycles. The molecule has 3 aromatic rings. The van der Waals surface area contributed by atoms with E-state index >= 15 is 0 Å². The Bertz CT molecular complexity index is 1080. The van der Waals surface area contributed by atoms with Crippen molar-refractivity contribution < 1.29 is 9.53 Å². The van der Waals surface area contributed by atoms with Gasteiger partial charge in [-0.25, -0.2) is 14.7 Å². The summed E-state index contributed by atoms with van der Waals surface area (Å²) in [5, 5.41) is 5.02. The highest BCUT2D eigenvalue weighted by Crippen LogP contribution is 2.31. The number of carbonyl (C=O) groups excluding carboxylic acids is 1. The summed E-state index contributed by atoms with van der Waals surface area (Å²) in [6, 6.07) is 15.2.